The standard InChI is InChI=1S/C14H21N/c1-12(14-8-10-15-11-9-14)13-6-4-2-3-5-7-13/h2-4,6-7,12,14-15H,5,8-11H2,1H3. The van der Waals surface area contributed by atoms with E-state index in [2.05, 4.69) is 42.6 Å². The summed E-state index contributed by atoms with van der Waals surface area (Å²) in [6, 6.07) is 0. The maximum Gasteiger partial charge on any atom is -0.00461 e. The lowest BCUT2D eigenvalue weighted by Gasteiger charge is -2.29. The normalized spacial score (nSPS) is 24.7. The molecule has 1 atom stereocenters. The molecule has 0 aromatic carbocycles. The average Bonchev–Trinajstić information content (AvgIpc) is 2.58. The minimum atomic E-state index is 0.725. The van der Waals surface area contributed by atoms with E-state index in [0.29, 0.717) is 0 Å². The molecule has 1 N–H and O–H groups in total. The van der Waals surface area contributed by atoms with Gasteiger partial charge in [0.25, 0.3) is 0 Å². The van der Waals surface area contributed by atoms with E-state index >= 15 is 0 Å². The van der Waals surface area contributed by atoms with Crippen molar-refractivity contribution in [3.8, 4) is 0 Å². The van der Waals surface area contributed by atoms with Crippen molar-refractivity contribution in [3.63, 3.8) is 0 Å². The van der Waals surface area contributed by atoms with Crippen molar-refractivity contribution in [3.05, 3.63) is 36.0 Å². The Hall–Kier alpha value is -0.820. The molecule has 0 saturated carbocycles. The Morgan fingerprint density at radius 3 is 2.87 bits per heavy atom. The van der Waals surface area contributed by atoms with Gasteiger partial charge in [-0.05, 0) is 49.8 Å². The Kier molecular flexibility index (Phi) is 3.79. The zero-order valence-corrected chi connectivity index (χ0v) is 9.58. The summed E-state index contributed by atoms with van der Waals surface area (Å²) in [6.45, 7) is 4.78. The molecule has 0 bridgehead atoms. The summed E-state index contributed by atoms with van der Waals surface area (Å²) in [5.41, 5.74) is 1.53. The summed E-state index contributed by atoms with van der Waals surface area (Å²) in [4.78, 5) is 0. The molecule has 1 unspecified atom stereocenters. The Labute approximate surface area is 93.0 Å². The van der Waals surface area contributed by atoms with Crippen LogP contribution in [0.2, 0.25) is 0 Å². The van der Waals surface area contributed by atoms with Gasteiger partial charge in [0.15, 0.2) is 0 Å². The van der Waals surface area contributed by atoms with E-state index in [1.165, 1.54) is 31.5 Å². The van der Waals surface area contributed by atoms with Crippen molar-refractivity contribution in [2.45, 2.75) is 26.2 Å². The number of nitrogens with one attached hydrogen (secondary N) is 1. The molecule has 1 heterocycles. The summed E-state index contributed by atoms with van der Waals surface area (Å²) >= 11 is 0. The quantitative estimate of drug-likeness (QED) is 0.727. The van der Waals surface area contributed by atoms with Crippen LogP contribution in [0.1, 0.15) is 26.2 Å². The fraction of sp³-hybridized carbons (Fsp3) is 0.571. The summed E-state index contributed by atoms with van der Waals surface area (Å²) < 4.78 is 0. The predicted octanol–water partition coefficient (Wildman–Crippen LogP) is 3.06. The Morgan fingerprint density at radius 1 is 1.27 bits per heavy atom. The number of piperidine rings is 1. The lowest BCUT2D eigenvalue weighted by Crippen LogP contribution is -2.31. The molecule has 0 amide bonds. The molecule has 0 aromatic heterocycles. The highest BCUT2D eigenvalue weighted by atomic mass is 14.9. The van der Waals surface area contributed by atoms with E-state index in [1.54, 1.807) is 0 Å². The Balaban J connectivity index is 1.99. The van der Waals surface area contributed by atoms with Gasteiger partial charge >= 0.3 is 0 Å². The fourth-order valence-electron chi connectivity index (χ4n) is 2.55. The van der Waals surface area contributed by atoms with E-state index in [1.807, 2.05) is 0 Å². The first-order valence-electron chi connectivity index (χ1n) is 6.12. The van der Waals surface area contributed by atoms with Crippen LogP contribution in [0.4, 0.5) is 0 Å². The first-order valence-corrected chi connectivity index (χ1v) is 6.12. The third-order valence-electron chi connectivity index (χ3n) is 3.64. The molecule has 1 saturated heterocycles. The van der Waals surface area contributed by atoms with Crippen LogP contribution < -0.4 is 5.32 Å². The topological polar surface area (TPSA) is 12.0 Å². The summed E-state index contributed by atoms with van der Waals surface area (Å²) in [7, 11) is 0. The maximum absolute atomic E-state index is 3.44. The fourth-order valence-corrected chi connectivity index (χ4v) is 2.55. The predicted molar refractivity (Wildman–Crippen MR) is 65.7 cm³/mol. The number of hydrogen-bond acceptors (Lipinski definition) is 1. The summed E-state index contributed by atoms with van der Waals surface area (Å²) in [6.07, 6.45) is 15.0. The van der Waals surface area contributed by atoms with Gasteiger partial charge in [-0.1, -0.05) is 37.3 Å². The van der Waals surface area contributed by atoms with Gasteiger partial charge in [-0.25, -0.2) is 0 Å². The van der Waals surface area contributed by atoms with Crippen LogP contribution in [0.15, 0.2) is 36.0 Å². The second-order valence-electron chi connectivity index (χ2n) is 4.60. The number of allylic oxidation sites excluding steroid dienone is 6. The van der Waals surface area contributed by atoms with Crippen LogP contribution in [0, 0.1) is 11.8 Å². The number of hydrogen-bond donors (Lipinski definition) is 1. The lowest BCUT2D eigenvalue weighted by atomic mass is 9.81. The molecule has 0 spiro atoms. The van der Waals surface area contributed by atoms with E-state index in [4.69, 9.17) is 0 Å². The highest BCUT2D eigenvalue weighted by molar-refractivity contribution is 5.28. The zero-order valence-electron chi connectivity index (χ0n) is 9.58. The molecular weight excluding hydrogens is 182 g/mol. The van der Waals surface area contributed by atoms with Crippen molar-refractivity contribution in [2.24, 2.45) is 11.8 Å². The third kappa shape index (κ3) is 2.82. The lowest BCUT2D eigenvalue weighted by molar-refractivity contribution is 0.307. The molecule has 82 valence electrons. The minimum Gasteiger partial charge on any atom is -0.317 e. The summed E-state index contributed by atoms with van der Waals surface area (Å²) in [5.74, 6) is 1.60. The van der Waals surface area contributed by atoms with Crippen LogP contribution in [-0.2, 0) is 0 Å². The van der Waals surface area contributed by atoms with Crippen LogP contribution in [0.5, 0.6) is 0 Å². The highest BCUT2D eigenvalue weighted by Crippen LogP contribution is 2.29. The second kappa shape index (κ2) is 5.32. The van der Waals surface area contributed by atoms with Gasteiger partial charge in [0, 0.05) is 0 Å². The molecular formula is C14H21N. The molecule has 1 aliphatic carbocycles. The van der Waals surface area contributed by atoms with E-state index in [9.17, 15) is 0 Å². The Bertz CT molecular complexity index is 280. The van der Waals surface area contributed by atoms with Crippen molar-refractivity contribution in [1.29, 1.82) is 0 Å². The maximum atomic E-state index is 3.44. The second-order valence-corrected chi connectivity index (χ2v) is 4.60. The molecule has 0 aromatic rings. The molecule has 1 nitrogen and oxygen atoms in total. The Morgan fingerprint density at radius 2 is 2.07 bits per heavy atom. The SMILES string of the molecule is CC(C1=CCC=CC=C1)C1CCNCC1. The highest BCUT2D eigenvalue weighted by Gasteiger charge is 2.21. The molecule has 2 aliphatic rings. The van der Waals surface area contributed by atoms with Crippen LogP contribution in [0.3, 0.4) is 0 Å². The van der Waals surface area contributed by atoms with Crippen molar-refractivity contribution in [2.75, 3.05) is 13.1 Å². The summed E-state index contributed by atoms with van der Waals surface area (Å²) in [5, 5.41) is 3.44. The van der Waals surface area contributed by atoms with Gasteiger partial charge in [-0.15, -0.1) is 0 Å². The molecule has 1 fully saturated rings. The number of rotatable bonds is 2. The first kappa shape index (κ1) is 10.7. The average molecular weight is 203 g/mol. The monoisotopic (exact) mass is 203 g/mol. The largest absolute Gasteiger partial charge is 0.317 e. The van der Waals surface area contributed by atoms with E-state index in [-0.39, 0.29) is 0 Å². The molecule has 0 radical (unpaired) electrons. The van der Waals surface area contributed by atoms with Gasteiger partial charge in [-0.2, -0.15) is 0 Å². The van der Waals surface area contributed by atoms with Crippen LogP contribution in [-0.4, -0.2) is 13.1 Å². The van der Waals surface area contributed by atoms with Crippen molar-refractivity contribution < 1.29 is 0 Å². The van der Waals surface area contributed by atoms with Gasteiger partial charge < -0.3 is 5.32 Å². The van der Waals surface area contributed by atoms with E-state index in [0.717, 1.165) is 18.3 Å². The van der Waals surface area contributed by atoms with E-state index < -0.39 is 0 Å². The smallest absolute Gasteiger partial charge is 0.00461 e. The molecule has 2 rings (SSSR count). The first-order chi connectivity index (χ1) is 7.38. The molecule has 1 heteroatoms. The molecule has 15 heavy (non-hydrogen) atoms. The third-order valence-corrected chi connectivity index (χ3v) is 3.64. The van der Waals surface area contributed by atoms with Gasteiger partial charge in [-0.3, -0.25) is 0 Å². The van der Waals surface area contributed by atoms with Gasteiger partial charge in [0.2, 0.25) is 0 Å². The minimum absolute atomic E-state index is 0.725. The van der Waals surface area contributed by atoms with Gasteiger partial charge in [0.05, 0.1) is 0 Å². The van der Waals surface area contributed by atoms with Crippen LogP contribution in [0.25, 0.3) is 0 Å². The van der Waals surface area contributed by atoms with Crippen LogP contribution >= 0.6 is 0 Å². The van der Waals surface area contributed by atoms with Gasteiger partial charge in [0.1, 0.15) is 0 Å². The van der Waals surface area contributed by atoms with Crippen molar-refractivity contribution in [1.82, 2.24) is 5.32 Å². The molecule has 1 aliphatic heterocycles. The zero-order chi connectivity index (χ0) is 10.5. The van der Waals surface area contributed by atoms with Crippen molar-refractivity contribution >= 4 is 0 Å².